The summed E-state index contributed by atoms with van der Waals surface area (Å²) in [6.07, 6.45) is 3.11. The van der Waals surface area contributed by atoms with Crippen molar-refractivity contribution < 1.29 is 9.53 Å². The van der Waals surface area contributed by atoms with Gasteiger partial charge in [-0.05, 0) is 37.1 Å². The van der Waals surface area contributed by atoms with Gasteiger partial charge < -0.3 is 9.64 Å². The number of piperidine rings is 1. The van der Waals surface area contributed by atoms with Crippen LogP contribution >= 0.6 is 11.6 Å². The predicted molar refractivity (Wildman–Crippen MR) is 90.0 cm³/mol. The minimum Gasteiger partial charge on any atom is -0.472 e. The van der Waals surface area contributed by atoms with Gasteiger partial charge in [0.05, 0.1) is 18.2 Å². The minimum atomic E-state index is -0.136. The Kier molecular flexibility index (Phi) is 4.97. The molecule has 1 saturated heterocycles. The maximum absolute atomic E-state index is 12.6. The van der Waals surface area contributed by atoms with Crippen LogP contribution in [0.1, 0.15) is 28.8 Å². The Morgan fingerprint density at radius 1 is 1.38 bits per heavy atom. The molecule has 0 spiro atoms. The summed E-state index contributed by atoms with van der Waals surface area (Å²) in [5.74, 6) is 0.362. The van der Waals surface area contributed by atoms with E-state index < -0.39 is 0 Å². The number of carbonyl (C=O) groups excluding carboxylic acids is 1. The van der Waals surface area contributed by atoms with Gasteiger partial charge in [-0.3, -0.25) is 4.79 Å². The van der Waals surface area contributed by atoms with Crippen molar-refractivity contribution in [2.75, 3.05) is 13.1 Å². The van der Waals surface area contributed by atoms with Gasteiger partial charge in [0.25, 0.3) is 5.91 Å². The van der Waals surface area contributed by atoms with Gasteiger partial charge in [-0.2, -0.15) is 5.26 Å². The van der Waals surface area contributed by atoms with Crippen molar-refractivity contribution in [2.24, 2.45) is 0 Å². The highest BCUT2D eigenvalue weighted by atomic mass is 35.5. The van der Waals surface area contributed by atoms with Gasteiger partial charge in [-0.1, -0.05) is 17.7 Å². The summed E-state index contributed by atoms with van der Waals surface area (Å²) in [6, 6.07) is 12.2. The van der Waals surface area contributed by atoms with E-state index in [4.69, 9.17) is 21.6 Å². The van der Waals surface area contributed by atoms with E-state index in [9.17, 15) is 4.79 Å². The first-order valence-electron chi connectivity index (χ1n) is 7.73. The maximum Gasteiger partial charge on any atom is 0.254 e. The number of ether oxygens (including phenoxy) is 1. The molecule has 1 fully saturated rings. The number of nitriles is 1. The number of carbonyl (C=O) groups is 1. The molecule has 0 aliphatic carbocycles. The van der Waals surface area contributed by atoms with Gasteiger partial charge in [0, 0.05) is 29.4 Å². The Morgan fingerprint density at radius 3 is 3.04 bits per heavy atom. The number of hydrogen-bond donors (Lipinski definition) is 0. The number of benzene rings is 1. The third-order valence-corrected chi connectivity index (χ3v) is 4.12. The molecule has 1 aromatic heterocycles. The van der Waals surface area contributed by atoms with Gasteiger partial charge in [-0.15, -0.1) is 0 Å². The fourth-order valence-corrected chi connectivity index (χ4v) is 2.93. The maximum atomic E-state index is 12.6. The van der Waals surface area contributed by atoms with Crippen LogP contribution in [0.15, 0.2) is 42.6 Å². The molecule has 122 valence electrons. The second-order valence-electron chi connectivity index (χ2n) is 5.64. The highest BCUT2D eigenvalue weighted by molar-refractivity contribution is 6.30. The van der Waals surface area contributed by atoms with Crippen LogP contribution < -0.4 is 4.74 Å². The number of amides is 1. The van der Waals surface area contributed by atoms with Gasteiger partial charge in [0.2, 0.25) is 5.88 Å². The first kappa shape index (κ1) is 16.3. The zero-order valence-electron chi connectivity index (χ0n) is 13.0. The summed E-state index contributed by atoms with van der Waals surface area (Å²) in [6.45, 7) is 1.18. The van der Waals surface area contributed by atoms with Crippen LogP contribution in [0.3, 0.4) is 0 Å². The van der Waals surface area contributed by atoms with Crippen molar-refractivity contribution >= 4 is 17.5 Å². The second-order valence-corrected chi connectivity index (χ2v) is 6.07. The second kappa shape index (κ2) is 7.33. The molecule has 5 nitrogen and oxygen atoms in total. The molecule has 0 radical (unpaired) electrons. The van der Waals surface area contributed by atoms with Crippen LogP contribution in [0.4, 0.5) is 0 Å². The molecule has 1 aliphatic rings. The van der Waals surface area contributed by atoms with E-state index in [-0.39, 0.29) is 12.0 Å². The van der Waals surface area contributed by atoms with Crippen molar-refractivity contribution in [1.82, 2.24) is 9.88 Å². The third kappa shape index (κ3) is 3.84. The highest BCUT2D eigenvalue weighted by Gasteiger charge is 2.26. The van der Waals surface area contributed by atoms with Gasteiger partial charge in [-0.25, -0.2) is 4.98 Å². The van der Waals surface area contributed by atoms with Crippen molar-refractivity contribution in [2.45, 2.75) is 18.9 Å². The molecule has 0 N–H and O–H groups in total. The van der Waals surface area contributed by atoms with Crippen LogP contribution in [0.2, 0.25) is 5.02 Å². The molecule has 1 aromatic carbocycles. The molecule has 1 aliphatic heterocycles. The largest absolute Gasteiger partial charge is 0.472 e. The Bertz CT molecular complexity index is 788. The lowest BCUT2D eigenvalue weighted by Gasteiger charge is -2.32. The lowest BCUT2D eigenvalue weighted by atomic mass is 10.1. The molecular formula is C18H16ClN3O2. The van der Waals surface area contributed by atoms with Crippen molar-refractivity contribution in [1.29, 1.82) is 5.26 Å². The number of halogens is 1. The number of likely N-dealkylation sites (tertiary alicyclic amines) is 1. The zero-order valence-corrected chi connectivity index (χ0v) is 13.7. The SMILES string of the molecule is N#Cc1ccnc(O[C@@H]2CCCN(C(=O)c3cccc(Cl)c3)C2)c1. The normalized spacial score (nSPS) is 17.2. The number of rotatable bonds is 3. The molecule has 1 amide bonds. The zero-order chi connectivity index (χ0) is 16.9. The average Bonchev–Trinajstić information content (AvgIpc) is 2.61. The van der Waals surface area contributed by atoms with Crippen LogP contribution in [-0.2, 0) is 0 Å². The van der Waals surface area contributed by atoms with E-state index in [2.05, 4.69) is 11.1 Å². The summed E-state index contributed by atoms with van der Waals surface area (Å²) in [4.78, 5) is 18.5. The fourth-order valence-electron chi connectivity index (χ4n) is 2.74. The number of nitrogens with zero attached hydrogens (tertiary/aromatic N) is 3. The van der Waals surface area contributed by atoms with Crippen LogP contribution in [0.25, 0.3) is 0 Å². The Morgan fingerprint density at radius 2 is 2.25 bits per heavy atom. The van der Waals surface area contributed by atoms with Gasteiger partial charge in [0.15, 0.2) is 0 Å². The van der Waals surface area contributed by atoms with E-state index in [1.807, 2.05) is 0 Å². The summed E-state index contributed by atoms with van der Waals surface area (Å²) in [5.41, 5.74) is 1.08. The molecule has 2 heterocycles. The number of hydrogen-bond acceptors (Lipinski definition) is 4. The fraction of sp³-hybridized carbons (Fsp3) is 0.278. The van der Waals surface area contributed by atoms with E-state index >= 15 is 0 Å². The van der Waals surface area contributed by atoms with Crippen LogP contribution in [0, 0.1) is 11.3 Å². The lowest BCUT2D eigenvalue weighted by molar-refractivity contribution is 0.0527. The monoisotopic (exact) mass is 341 g/mol. The molecule has 0 saturated carbocycles. The molecule has 2 aromatic rings. The summed E-state index contributed by atoms with van der Waals surface area (Å²) >= 11 is 5.96. The van der Waals surface area contributed by atoms with Crippen molar-refractivity contribution in [3.8, 4) is 11.9 Å². The Hall–Kier alpha value is -2.58. The predicted octanol–water partition coefficient (Wildman–Crippen LogP) is 3.29. The lowest BCUT2D eigenvalue weighted by Crippen LogP contribution is -2.44. The minimum absolute atomic E-state index is 0.0514. The smallest absolute Gasteiger partial charge is 0.254 e. The van der Waals surface area contributed by atoms with E-state index in [0.717, 1.165) is 12.8 Å². The van der Waals surface area contributed by atoms with Crippen molar-refractivity contribution in [3.05, 3.63) is 58.7 Å². The molecule has 0 bridgehead atoms. The first-order valence-corrected chi connectivity index (χ1v) is 8.11. The van der Waals surface area contributed by atoms with Crippen LogP contribution in [0.5, 0.6) is 5.88 Å². The van der Waals surface area contributed by atoms with Gasteiger partial charge in [0.1, 0.15) is 6.10 Å². The molecule has 3 rings (SSSR count). The molecule has 24 heavy (non-hydrogen) atoms. The molecule has 6 heteroatoms. The summed E-state index contributed by atoms with van der Waals surface area (Å²) in [5, 5.41) is 9.48. The van der Waals surface area contributed by atoms with E-state index in [1.54, 1.807) is 47.5 Å². The van der Waals surface area contributed by atoms with E-state index in [0.29, 0.717) is 35.1 Å². The molecule has 0 unspecified atom stereocenters. The third-order valence-electron chi connectivity index (χ3n) is 3.89. The Labute approximate surface area is 145 Å². The van der Waals surface area contributed by atoms with E-state index in [1.165, 1.54) is 0 Å². The molecular weight excluding hydrogens is 326 g/mol. The Balaban J connectivity index is 1.68. The number of aromatic nitrogens is 1. The van der Waals surface area contributed by atoms with Crippen molar-refractivity contribution in [3.63, 3.8) is 0 Å². The summed E-state index contributed by atoms with van der Waals surface area (Å²) < 4.78 is 5.86. The quantitative estimate of drug-likeness (QED) is 0.859. The average molecular weight is 342 g/mol. The van der Waals surface area contributed by atoms with Crippen LogP contribution in [-0.4, -0.2) is 35.0 Å². The highest BCUT2D eigenvalue weighted by Crippen LogP contribution is 2.20. The standard InChI is InChI=1S/C18H16ClN3O2/c19-15-4-1-3-14(10-15)18(23)22-8-2-5-16(12-22)24-17-9-13(11-20)6-7-21-17/h1,3-4,6-7,9-10,16H,2,5,8,12H2/t16-/m1/s1. The summed E-state index contributed by atoms with van der Waals surface area (Å²) in [7, 11) is 0. The first-order chi connectivity index (χ1) is 11.7. The topological polar surface area (TPSA) is 66.2 Å². The van der Waals surface area contributed by atoms with Gasteiger partial charge >= 0.3 is 0 Å². The molecule has 1 atom stereocenters. The number of pyridine rings is 1.